The van der Waals surface area contributed by atoms with E-state index in [1.165, 1.54) is 12.8 Å². The van der Waals surface area contributed by atoms with Crippen LogP contribution in [0.3, 0.4) is 0 Å². The fourth-order valence-corrected chi connectivity index (χ4v) is 1.49. The van der Waals surface area contributed by atoms with Gasteiger partial charge in [0.2, 0.25) is 0 Å². The normalized spacial score (nSPS) is 14.4. The molecule has 0 aliphatic rings. The molecular formula is C12H27NO. The number of ether oxygens (including phenoxy) is 1. The van der Waals surface area contributed by atoms with Crippen LogP contribution in [0.15, 0.2) is 0 Å². The quantitative estimate of drug-likeness (QED) is 0.655. The standard InChI is InChI=1S/C12H27NO/c1-5-8-11(4)9-14-10-12(13,6-2)7-3/h11H,5-10,13H2,1-4H3. The third kappa shape index (κ3) is 5.61. The summed E-state index contributed by atoms with van der Waals surface area (Å²) in [7, 11) is 0. The number of hydrogen-bond acceptors (Lipinski definition) is 2. The van der Waals surface area contributed by atoms with Gasteiger partial charge in [0.05, 0.1) is 6.61 Å². The van der Waals surface area contributed by atoms with E-state index in [0.29, 0.717) is 12.5 Å². The average Bonchev–Trinajstić information content (AvgIpc) is 2.18. The van der Waals surface area contributed by atoms with E-state index in [0.717, 1.165) is 19.4 Å². The maximum atomic E-state index is 6.13. The van der Waals surface area contributed by atoms with Gasteiger partial charge in [0.1, 0.15) is 0 Å². The van der Waals surface area contributed by atoms with Crippen molar-refractivity contribution in [3.05, 3.63) is 0 Å². The molecule has 0 aromatic heterocycles. The van der Waals surface area contributed by atoms with Crippen LogP contribution in [-0.2, 0) is 4.74 Å². The predicted octanol–water partition coefficient (Wildman–Crippen LogP) is 2.96. The highest BCUT2D eigenvalue weighted by molar-refractivity contribution is 4.80. The molecule has 1 unspecified atom stereocenters. The van der Waals surface area contributed by atoms with Gasteiger partial charge in [-0.15, -0.1) is 0 Å². The minimum atomic E-state index is -0.105. The second-order valence-electron chi connectivity index (χ2n) is 4.48. The molecule has 0 aromatic carbocycles. The van der Waals surface area contributed by atoms with Crippen molar-refractivity contribution in [2.75, 3.05) is 13.2 Å². The highest BCUT2D eigenvalue weighted by Gasteiger charge is 2.20. The van der Waals surface area contributed by atoms with Crippen LogP contribution in [0, 0.1) is 5.92 Å². The van der Waals surface area contributed by atoms with E-state index >= 15 is 0 Å². The minimum absolute atomic E-state index is 0.105. The van der Waals surface area contributed by atoms with Crippen LogP contribution < -0.4 is 5.73 Å². The van der Waals surface area contributed by atoms with E-state index in [-0.39, 0.29) is 5.54 Å². The molecule has 0 amide bonds. The maximum Gasteiger partial charge on any atom is 0.0646 e. The lowest BCUT2D eigenvalue weighted by molar-refractivity contribution is 0.0582. The third-order valence-electron chi connectivity index (χ3n) is 2.98. The first-order valence-electron chi connectivity index (χ1n) is 5.94. The Bertz CT molecular complexity index is 132. The molecule has 0 radical (unpaired) electrons. The summed E-state index contributed by atoms with van der Waals surface area (Å²) in [5, 5.41) is 0. The third-order valence-corrected chi connectivity index (χ3v) is 2.98. The fourth-order valence-electron chi connectivity index (χ4n) is 1.49. The number of hydrogen-bond donors (Lipinski definition) is 1. The molecule has 1 atom stereocenters. The van der Waals surface area contributed by atoms with Crippen molar-refractivity contribution in [3.63, 3.8) is 0 Å². The van der Waals surface area contributed by atoms with E-state index < -0.39 is 0 Å². The van der Waals surface area contributed by atoms with Gasteiger partial charge < -0.3 is 10.5 Å². The van der Waals surface area contributed by atoms with E-state index in [1.807, 2.05) is 0 Å². The Balaban J connectivity index is 3.61. The monoisotopic (exact) mass is 201 g/mol. The Kier molecular flexibility index (Phi) is 7.20. The van der Waals surface area contributed by atoms with Gasteiger partial charge in [0, 0.05) is 12.1 Å². The molecule has 0 rings (SSSR count). The Labute approximate surface area is 89.2 Å². The minimum Gasteiger partial charge on any atom is -0.379 e. The summed E-state index contributed by atoms with van der Waals surface area (Å²) in [4.78, 5) is 0. The van der Waals surface area contributed by atoms with Crippen LogP contribution in [0.25, 0.3) is 0 Å². The van der Waals surface area contributed by atoms with Crippen molar-refractivity contribution in [2.45, 2.75) is 58.9 Å². The molecule has 14 heavy (non-hydrogen) atoms. The average molecular weight is 201 g/mol. The lowest BCUT2D eigenvalue weighted by Crippen LogP contribution is -2.43. The smallest absolute Gasteiger partial charge is 0.0646 e. The molecule has 0 saturated heterocycles. The van der Waals surface area contributed by atoms with Crippen molar-refractivity contribution < 1.29 is 4.74 Å². The Morgan fingerprint density at radius 3 is 2.21 bits per heavy atom. The highest BCUT2D eigenvalue weighted by Crippen LogP contribution is 2.13. The predicted molar refractivity (Wildman–Crippen MR) is 62.4 cm³/mol. The van der Waals surface area contributed by atoms with Gasteiger partial charge in [-0.05, 0) is 25.2 Å². The van der Waals surface area contributed by atoms with Gasteiger partial charge >= 0.3 is 0 Å². The highest BCUT2D eigenvalue weighted by atomic mass is 16.5. The van der Waals surface area contributed by atoms with Crippen LogP contribution >= 0.6 is 0 Å². The molecule has 2 heteroatoms. The second-order valence-corrected chi connectivity index (χ2v) is 4.48. The first kappa shape index (κ1) is 13.9. The lowest BCUT2D eigenvalue weighted by Gasteiger charge is -2.27. The first-order chi connectivity index (χ1) is 6.58. The Morgan fingerprint density at radius 1 is 1.21 bits per heavy atom. The van der Waals surface area contributed by atoms with Crippen LogP contribution in [-0.4, -0.2) is 18.8 Å². The van der Waals surface area contributed by atoms with Gasteiger partial charge in [-0.2, -0.15) is 0 Å². The maximum absolute atomic E-state index is 6.13. The second kappa shape index (κ2) is 7.24. The summed E-state index contributed by atoms with van der Waals surface area (Å²) in [5.41, 5.74) is 6.03. The van der Waals surface area contributed by atoms with E-state index in [9.17, 15) is 0 Å². The summed E-state index contributed by atoms with van der Waals surface area (Å²) < 4.78 is 5.67. The van der Waals surface area contributed by atoms with Crippen LogP contribution in [0.5, 0.6) is 0 Å². The molecule has 0 heterocycles. The van der Waals surface area contributed by atoms with Gasteiger partial charge in [-0.1, -0.05) is 34.1 Å². The molecule has 0 saturated carbocycles. The van der Waals surface area contributed by atoms with E-state index in [4.69, 9.17) is 10.5 Å². The van der Waals surface area contributed by atoms with Crippen LogP contribution in [0.1, 0.15) is 53.4 Å². The van der Waals surface area contributed by atoms with Crippen molar-refractivity contribution in [2.24, 2.45) is 11.7 Å². The van der Waals surface area contributed by atoms with Crippen LogP contribution in [0.4, 0.5) is 0 Å². The van der Waals surface area contributed by atoms with E-state index in [1.54, 1.807) is 0 Å². The molecule has 0 aliphatic carbocycles. The first-order valence-corrected chi connectivity index (χ1v) is 5.94. The van der Waals surface area contributed by atoms with Crippen molar-refractivity contribution in [1.29, 1.82) is 0 Å². The SMILES string of the molecule is CCCC(C)COCC(N)(CC)CC. The zero-order valence-corrected chi connectivity index (χ0v) is 10.3. The molecule has 0 bridgehead atoms. The summed E-state index contributed by atoms with van der Waals surface area (Å²) in [6.45, 7) is 10.3. The summed E-state index contributed by atoms with van der Waals surface area (Å²) in [6, 6.07) is 0. The summed E-state index contributed by atoms with van der Waals surface area (Å²) in [5.74, 6) is 0.665. The van der Waals surface area contributed by atoms with Gasteiger partial charge in [0.15, 0.2) is 0 Å². The molecule has 0 spiro atoms. The Morgan fingerprint density at radius 2 is 1.79 bits per heavy atom. The number of rotatable bonds is 8. The summed E-state index contributed by atoms with van der Waals surface area (Å²) in [6.07, 6.45) is 4.47. The zero-order chi connectivity index (χ0) is 11.0. The van der Waals surface area contributed by atoms with Crippen molar-refractivity contribution >= 4 is 0 Å². The summed E-state index contributed by atoms with van der Waals surface area (Å²) >= 11 is 0. The molecule has 86 valence electrons. The number of nitrogens with two attached hydrogens (primary N) is 1. The molecule has 2 nitrogen and oxygen atoms in total. The van der Waals surface area contributed by atoms with Gasteiger partial charge in [-0.3, -0.25) is 0 Å². The molecule has 0 fully saturated rings. The van der Waals surface area contributed by atoms with Crippen LogP contribution in [0.2, 0.25) is 0 Å². The molecule has 2 N–H and O–H groups in total. The molecular weight excluding hydrogens is 174 g/mol. The lowest BCUT2D eigenvalue weighted by atomic mass is 9.95. The zero-order valence-electron chi connectivity index (χ0n) is 10.3. The van der Waals surface area contributed by atoms with Crippen molar-refractivity contribution in [1.82, 2.24) is 0 Å². The van der Waals surface area contributed by atoms with Gasteiger partial charge in [0.25, 0.3) is 0 Å². The topological polar surface area (TPSA) is 35.2 Å². The van der Waals surface area contributed by atoms with E-state index in [2.05, 4.69) is 27.7 Å². The molecule has 0 aromatic rings. The van der Waals surface area contributed by atoms with Gasteiger partial charge in [-0.25, -0.2) is 0 Å². The molecule has 0 aliphatic heterocycles. The fraction of sp³-hybridized carbons (Fsp3) is 1.00. The Hall–Kier alpha value is -0.0800. The van der Waals surface area contributed by atoms with Crippen molar-refractivity contribution in [3.8, 4) is 0 Å². The largest absolute Gasteiger partial charge is 0.379 e.